The van der Waals surface area contributed by atoms with Gasteiger partial charge in [0.05, 0.1) is 15.9 Å². The third-order valence-electron chi connectivity index (χ3n) is 6.18. The molecule has 7 heteroatoms. The number of nitrogens with zero attached hydrogens (tertiary/aromatic N) is 2. The highest BCUT2D eigenvalue weighted by molar-refractivity contribution is 5.49. The van der Waals surface area contributed by atoms with Gasteiger partial charge < -0.3 is 0 Å². The van der Waals surface area contributed by atoms with Crippen molar-refractivity contribution in [2.75, 3.05) is 0 Å². The maximum absolute atomic E-state index is 15.0. The lowest BCUT2D eigenvalue weighted by Crippen LogP contribution is -2.34. The molecular weight excluding hydrogens is 339 g/mol. The van der Waals surface area contributed by atoms with Gasteiger partial charge >= 0.3 is 0 Å². The minimum Gasteiger partial charge on any atom is -0.258 e. The molecule has 0 unspecified atom stereocenters. The van der Waals surface area contributed by atoms with Crippen LogP contribution in [0.25, 0.3) is 0 Å². The molecule has 26 heavy (non-hydrogen) atoms. The molecule has 0 heterocycles. The van der Waals surface area contributed by atoms with Crippen molar-refractivity contribution < 1.29 is 14.2 Å². The quantitative estimate of drug-likeness (QED) is 0.584. The molecule has 2 fully saturated rings. The second kappa shape index (κ2) is 5.86. The van der Waals surface area contributed by atoms with Gasteiger partial charge in [0.2, 0.25) is 0 Å². The van der Waals surface area contributed by atoms with Crippen molar-refractivity contribution in [1.29, 1.82) is 0 Å². The zero-order valence-corrected chi connectivity index (χ0v) is 13.9. The van der Waals surface area contributed by atoms with Gasteiger partial charge in [-0.1, -0.05) is 12.1 Å². The van der Waals surface area contributed by atoms with Crippen molar-refractivity contribution in [2.45, 2.75) is 31.1 Å². The molecule has 2 aliphatic carbocycles. The van der Waals surface area contributed by atoms with Crippen molar-refractivity contribution in [3.8, 4) is 0 Å². The van der Waals surface area contributed by atoms with E-state index >= 15 is 0 Å². The Labute approximate surface area is 149 Å². The van der Waals surface area contributed by atoms with Gasteiger partial charge in [-0.3, -0.25) is 20.2 Å². The lowest BCUT2D eigenvalue weighted by molar-refractivity contribution is -0.385. The molecule has 2 aliphatic rings. The van der Waals surface area contributed by atoms with Gasteiger partial charge in [-0.2, -0.15) is 0 Å². The number of hydrogen-bond donors (Lipinski definition) is 0. The van der Waals surface area contributed by atoms with Crippen LogP contribution >= 0.6 is 0 Å². The maximum Gasteiger partial charge on any atom is 0.272 e. The summed E-state index contributed by atoms with van der Waals surface area (Å²) in [5.74, 6) is -0.0915. The van der Waals surface area contributed by atoms with Crippen LogP contribution in [-0.4, -0.2) is 9.85 Å². The zero-order valence-electron chi connectivity index (χ0n) is 13.9. The van der Waals surface area contributed by atoms with Gasteiger partial charge in [0.25, 0.3) is 11.4 Å². The van der Waals surface area contributed by atoms with E-state index in [-0.39, 0.29) is 23.2 Å². The number of non-ortho nitro benzene ring substituents is 2. The summed E-state index contributed by atoms with van der Waals surface area (Å²) in [6.45, 7) is 0. The van der Waals surface area contributed by atoms with Crippen LogP contribution in [0.5, 0.6) is 0 Å². The van der Waals surface area contributed by atoms with Gasteiger partial charge in [0.15, 0.2) is 0 Å². The smallest absolute Gasteiger partial charge is 0.258 e. The fourth-order valence-electron chi connectivity index (χ4n) is 5.22. The summed E-state index contributed by atoms with van der Waals surface area (Å²) in [7, 11) is 0. The molecule has 2 aromatic carbocycles. The Morgan fingerprint density at radius 1 is 0.846 bits per heavy atom. The van der Waals surface area contributed by atoms with Crippen molar-refractivity contribution >= 4 is 11.4 Å². The zero-order chi connectivity index (χ0) is 18.5. The van der Waals surface area contributed by atoms with Gasteiger partial charge in [0, 0.05) is 23.6 Å². The third-order valence-corrected chi connectivity index (χ3v) is 6.18. The number of hydrogen-bond acceptors (Lipinski definition) is 4. The number of benzene rings is 2. The number of rotatable bonds is 4. The summed E-state index contributed by atoms with van der Waals surface area (Å²) in [5, 5.41) is 21.9. The van der Waals surface area contributed by atoms with E-state index in [1.54, 1.807) is 12.1 Å². The van der Waals surface area contributed by atoms with Crippen molar-refractivity contribution in [3.63, 3.8) is 0 Å². The summed E-state index contributed by atoms with van der Waals surface area (Å²) in [6.07, 6.45) is 3.88. The van der Waals surface area contributed by atoms with E-state index in [2.05, 4.69) is 0 Å². The van der Waals surface area contributed by atoms with Crippen LogP contribution < -0.4 is 0 Å². The van der Waals surface area contributed by atoms with E-state index < -0.39 is 21.1 Å². The monoisotopic (exact) mass is 356 g/mol. The molecule has 6 nitrogen and oxygen atoms in total. The molecule has 4 rings (SSSR count). The number of halogens is 1. The van der Waals surface area contributed by atoms with E-state index in [0.717, 1.165) is 37.3 Å². The third kappa shape index (κ3) is 2.23. The highest BCUT2D eigenvalue weighted by Gasteiger charge is 2.57. The highest BCUT2D eigenvalue weighted by atomic mass is 19.1. The van der Waals surface area contributed by atoms with Crippen LogP contribution in [0.3, 0.4) is 0 Å². The molecule has 2 bridgehead atoms. The maximum atomic E-state index is 15.0. The first-order valence-corrected chi connectivity index (χ1v) is 8.64. The van der Waals surface area contributed by atoms with Gasteiger partial charge in [-0.05, 0) is 54.7 Å². The van der Waals surface area contributed by atoms with Gasteiger partial charge in [-0.15, -0.1) is 0 Å². The van der Waals surface area contributed by atoms with E-state index in [1.165, 1.54) is 24.3 Å². The molecule has 134 valence electrons. The Kier molecular flexibility index (Phi) is 3.75. The van der Waals surface area contributed by atoms with Crippen molar-refractivity contribution in [3.05, 3.63) is 79.6 Å². The molecule has 0 amide bonds. The topological polar surface area (TPSA) is 86.3 Å². The molecule has 2 aromatic rings. The number of nitro benzene ring substituents is 2. The predicted octanol–water partition coefficient (Wildman–Crippen LogP) is 4.75. The van der Waals surface area contributed by atoms with Crippen LogP contribution in [0.1, 0.15) is 36.8 Å². The highest BCUT2D eigenvalue weighted by Crippen LogP contribution is 2.62. The van der Waals surface area contributed by atoms with E-state index in [0.29, 0.717) is 5.56 Å². The minimum atomic E-state index is -0.603. The summed E-state index contributed by atoms with van der Waals surface area (Å²) >= 11 is 0. The number of fused-ring (bicyclic) bond motifs is 2. The Bertz CT molecular complexity index is 877. The minimum absolute atomic E-state index is 0.00147. The first-order chi connectivity index (χ1) is 12.4. The fraction of sp³-hybridized carbons (Fsp3) is 0.368. The Balaban J connectivity index is 1.89. The molecule has 0 radical (unpaired) electrons. The van der Waals surface area contributed by atoms with Crippen LogP contribution in [0.2, 0.25) is 0 Å². The lowest BCUT2D eigenvalue weighted by atomic mass is 9.66. The Morgan fingerprint density at radius 3 is 1.81 bits per heavy atom. The van der Waals surface area contributed by atoms with E-state index in [4.69, 9.17) is 0 Å². The molecule has 0 aromatic heterocycles. The predicted molar refractivity (Wildman–Crippen MR) is 92.4 cm³/mol. The number of nitro groups is 2. The molecule has 0 saturated heterocycles. The summed E-state index contributed by atoms with van der Waals surface area (Å²) < 4.78 is 15.0. The van der Waals surface area contributed by atoms with Crippen LogP contribution in [0, 0.1) is 37.9 Å². The van der Waals surface area contributed by atoms with Crippen LogP contribution in [0.4, 0.5) is 15.8 Å². The average Bonchev–Trinajstić information content (AvgIpc) is 3.17. The Morgan fingerprint density at radius 2 is 1.35 bits per heavy atom. The van der Waals surface area contributed by atoms with Crippen LogP contribution in [0.15, 0.2) is 42.5 Å². The summed E-state index contributed by atoms with van der Waals surface area (Å²) in [5.41, 5.74) is 0.505. The summed E-state index contributed by atoms with van der Waals surface area (Å²) in [6, 6.07) is 10.2. The fourth-order valence-corrected chi connectivity index (χ4v) is 5.22. The molecule has 0 spiro atoms. The van der Waals surface area contributed by atoms with E-state index in [9.17, 15) is 24.6 Å². The van der Waals surface area contributed by atoms with Gasteiger partial charge in [0.1, 0.15) is 5.82 Å². The molecule has 0 N–H and O–H groups in total. The second-order valence-corrected chi connectivity index (χ2v) is 7.14. The second-order valence-electron chi connectivity index (χ2n) is 7.14. The largest absolute Gasteiger partial charge is 0.272 e. The normalized spacial score (nSPS) is 26.8. The van der Waals surface area contributed by atoms with Crippen molar-refractivity contribution in [2.24, 2.45) is 11.8 Å². The lowest BCUT2D eigenvalue weighted by Gasteiger charge is -2.36. The van der Waals surface area contributed by atoms with E-state index in [1.807, 2.05) is 0 Å². The average molecular weight is 356 g/mol. The van der Waals surface area contributed by atoms with Crippen LogP contribution in [-0.2, 0) is 5.41 Å². The standard InChI is InChI=1S/C19H17FN2O4/c20-18-11-16(22(25)26)9-10-17(18)19(12-1-2-13(19)4-3-12)14-5-7-15(8-6-14)21(23)24/h5-13H,1-4H2. The first-order valence-electron chi connectivity index (χ1n) is 8.64. The molecule has 0 atom stereocenters. The SMILES string of the molecule is O=[N+]([O-])c1ccc(C2(c3ccc([N+](=O)[O-])cc3F)C3CCC2CC3)cc1. The van der Waals surface area contributed by atoms with Gasteiger partial charge in [-0.25, -0.2) is 4.39 Å². The first kappa shape index (κ1) is 16.6. The molecular formula is C19H17FN2O4. The summed E-state index contributed by atoms with van der Waals surface area (Å²) in [4.78, 5) is 20.9. The Hall–Kier alpha value is -2.83. The molecule has 0 aliphatic heterocycles. The molecule has 2 saturated carbocycles. The van der Waals surface area contributed by atoms with Crippen molar-refractivity contribution in [1.82, 2.24) is 0 Å².